The molecule has 1 amide bonds. The lowest BCUT2D eigenvalue weighted by molar-refractivity contribution is -0.121. The van der Waals surface area contributed by atoms with E-state index in [-0.39, 0.29) is 11.9 Å². The van der Waals surface area contributed by atoms with Crippen LogP contribution < -0.4 is 10.1 Å². The average Bonchev–Trinajstić information content (AvgIpc) is 2.75. The van der Waals surface area contributed by atoms with Gasteiger partial charge in [0.25, 0.3) is 0 Å². The van der Waals surface area contributed by atoms with E-state index in [1.807, 2.05) is 24.3 Å². The van der Waals surface area contributed by atoms with Gasteiger partial charge in [-0.2, -0.15) is 0 Å². The van der Waals surface area contributed by atoms with E-state index < -0.39 is 0 Å². The first-order chi connectivity index (χ1) is 13.7. The zero-order valence-electron chi connectivity index (χ0n) is 16.8. The third-order valence-electron chi connectivity index (χ3n) is 5.24. The smallest absolute Gasteiger partial charge is 0.220 e. The highest BCUT2D eigenvalue weighted by Gasteiger charge is 2.23. The van der Waals surface area contributed by atoms with Gasteiger partial charge in [-0.15, -0.1) is 0 Å². The molecule has 1 atom stereocenters. The van der Waals surface area contributed by atoms with Gasteiger partial charge in [-0.3, -0.25) is 9.69 Å². The van der Waals surface area contributed by atoms with E-state index in [0.29, 0.717) is 13.0 Å². The third kappa shape index (κ3) is 5.81. The molecule has 0 unspecified atom stereocenters. The summed E-state index contributed by atoms with van der Waals surface area (Å²) in [6.45, 7) is 5.97. The van der Waals surface area contributed by atoms with Crippen molar-refractivity contribution in [2.75, 3.05) is 40.0 Å². The van der Waals surface area contributed by atoms with Gasteiger partial charge in [0.05, 0.1) is 26.4 Å². The number of benzene rings is 2. The van der Waals surface area contributed by atoms with E-state index >= 15 is 0 Å². The minimum absolute atomic E-state index is 0.0844. The molecule has 28 heavy (non-hydrogen) atoms. The van der Waals surface area contributed by atoms with Crippen molar-refractivity contribution in [1.82, 2.24) is 10.2 Å². The highest BCUT2D eigenvalue weighted by Crippen LogP contribution is 2.22. The SMILES string of the molecule is COc1ccc(CCC(=O)NC[C@@H](c2ccc(C)cc2)N2CCOCC2)cc1. The molecule has 1 fully saturated rings. The number of carbonyl (C=O) groups excluding carboxylic acids is 1. The number of methoxy groups -OCH3 is 1. The molecule has 0 saturated carbocycles. The molecule has 0 aliphatic carbocycles. The van der Waals surface area contributed by atoms with Crippen LogP contribution in [-0.2, 0) is 16.0 Å². The second-order valence-electron chi connectivity index (χ2n) is 7.23. The highest BCUT2D eigenvalue weighted by molar-refractivity contribution is 5.76. The first-order valence-corrected chi connectivity index (χ1v) is 9.93. The first kappa shape index (κ1) is 20.4. The summed E-state index contributed by atoms with van der Waals surface area (Å²) in [6.07, 6.45) is 1.21. The quantitative estimate of drug-likeness (QED) is 0.762. The molecule has 2 aromatic carbocycles. The van der Waals surface area contributed by atoms with E-state index in [2.05, 4.69) is 41.4 Å². The molecule has 1 aliphatic heterocycles. The fraction of sp³-hybridized carbons (Fsp3) is 0.435. The summed E-state index contributed by atoms with van der Waals surface area (Å²) >= 11 is 0. The summed E-state index contributed by atoms with van der Waals surface area (Å²) in [5.74, 6) is 0.917. The molecule has 5 heteroatoms. The number of rotatable bonds is 8. The van der Waals surface area contributed by atoms with Crippen LogP contribution in [0.4, 0.5) is 0 Å². The van der Waals surface area contributed by atoms with Crippen LogP contribution >= 0.6 is 0 Å². The summed E-state index contributed by atoms with van der Waals surface area (Å²) in [4.78, 5) is 14.8. The Kier molecular flexibility index (Phi) is 7.46. The topological polar surface area (TPSA) is 50.8 Å². The third-order valence-corrected chi connectivity index (χ3v) is 5.24. The van der Waals surface area contributed by atoms with Gasteiger partial charge >= 0.3 is 0 Å². The Morgan fingerprint density at radius 3 is 2.43 bits per heavy atom. The Morgan fingerprint density at radius 1 is 1.11 bits per heavy atom. The second-order valence-corrected chi connectivity index (χ2v) is 7.23. The molecule has 2 aromatic rings. The van der Waals surface area contributed by atoms with Crippen molar-refractivity contribution in [2.24, 2.45) is 0 Å². The van der Waals surface area contributed by atoms with Gasteiger partial charge < -0.3 is 14.8 Å². The predicted octanol–water partition coefficient (Wildman–Crippen LogP) is 3.13. The number of nitrogens with one attached hydrogen (secondary N) is 1. The number of ether oxygens (including phenoxy) is 2. The number of amides is 1. The summed E-state index contributed by atoms with van der Waals surface area (Å²) in [6, 6.07) is 16.7. The maximum atomic E-state index is 12.4. The molecular formula is C23H30N2O3. The van der Waals surface area contributed by atoms with Crippen molar-refractivity contribution in [1.29, 1.82) is 0 Å². The fourth-order valence-corrected chi connectivity index (χ4v) is 3.48. The zero-order chi connectivity index (χ0) is 19.8. The number of carbonyl (C=O) groups is 1. The predicted molar refractivity (Wildman–Crippen MR) is 111 cm³/mol. The van der Waals surface area contributed by atoms with Crippen molar-refractivity contribution < 1.29 is 14.3 Å². The van der Waals surface area contributed by atoms with Crippen LogP contribution in [0.25, 0.3) is 0 Å². The Hall–Kier alpha value is -2.37. The van der Waals surface area contributed by atoms with Crippen LogP contribution in [0.3, 0.4) is 0 Å². The molecule has 0 bridgehead atoms. The molecule has 0 aromatic heterocycles. The minimum atomic E-state index is 0.0844. The molecule has 0 spiro atoms. The highest BCUT2D eigenvalue weighted by atomic mass is 16.5. The summed E-state index contributed by atoms with van der Waals surface area (Å²) in [5.41, 5.74) is 3.62. The maximum absolute atomic E-state index is 12.4. The molecule has 1 N–H and O–H groups in total. The average molecular weight is 383 g/mol. The molecule has 1 aliphatic rings. The van der Waals surface area contributed by atoms with Crippen molar-refractivity contribution in [2.45, 2.75) is 25.8 Å². The summed E-state index contributed by atoms with van der Waals surface area (Å²) in [5, 5.41) is 3.14. The normalized spacial score (nSPS) is 15.8. The summed E-state index contributed by atoms with van der Waals surface area (Å²) < 4.78 is 10.7. The number of morpholine rings is 1. The lowest BCUT2D eigenvalue weighted by atomic mass is 10.0. The standard InChI is InChI=1S/C23H30N2O3/c1-18-3-8-20(9-4-18)22(25-13-15-28-16-14-25)17-24-23(26)12-7-19-5-10-21(27-2)11-6-19/h3-6,8-11,22H,7,12-17H2,1-2H3,(H,24,26)/t22-/m0/s1. The maximum Gasteiger partial charge on any atom is 0.220 e. The largest absolute Gasteiger partial charge is 0.497 e. The van der Waals surface area contributed by atoms with E-state index in [9.17, 15) is 4.79 Å². The van der Waals surface area contributed by atoms with Gasteiger partial charge in [0.15, 0.2) is 0 Å². The molecule has 150 valence electrons. The Labute approximate surface area is 167 Å². The molecule has 0 radical (unpaired) electrons. The number of hydrogen-bond donors (Lipinski definition) is 1. The fourth-order valence-electron chi connectivity index (χ4n) is 3.48. The van der Waals surface area contributed by atoms with Gasteiger partial charge in [-0.25, -0.2) is 0 Å². The number of hydrogen-bond acceptors (Lipinski definition) is 4. The minimum Gasteiger partial charge on any atom is -0.497 e. The van der Waals surface area contributed by atoms with Crippen molar-refractivity contribution >= 4 is 5.91 Å². The van der Waals surface area contributed by atoms with E-state index in [0.717, 1.165) is 44.0 Å². The van der Waals surface area contributed by atoms with Crippen LogP contribution in [0.2, 0.25) is 0 Å². The van der Waals surface area contributed by atoms with Gasteiger partial charge in [0.1, 0.15) is 5.75 Å². The Morgan fingerprint density at radius 2 is 1.79 bits per heavy atom. The zero-order valence-corrected chi connectivity index (χ0v) is 16.8. The van der Waals surface area contributed by atoms with Gasteiger partial charge in [-0.05, 0) is 36.6 Å². The van der Waals surface area contributed by atoms with Crippen molar-refractivity contribution in [3.63, 3.8) is 0 Å². The molecule has 3 rings (SSSR count). The first-order valence-electron chi connectivity index (χ1n) is 9.93. The van der Waals surface area contributed by atoms with Crippen LogP contribution in [0.5, 0.6) is 5.75 Å². The van der Waals surface area contributed by atoms with E-state index in [1.54, 1.807) is 7.11 Å². The second kappa shape index (κ2) is 10.2. The van der Waals surface area contributed by atoms with E-state index in [4.69, 9.17) is 9.47 Å². The lowest BCUT2D eigenvalue weighted by Crippen LogP contribution is -2.43. The lowest BCUT2D eigenvalue weighted by Gasteiger charge is -2.35. The van der Waals surface area contributed by atoms with Crippen LogP contribution in [0.15, 0.2) is 48.5 Å². The Bertz CT molecular complexity index is 737. The van der Waals surface area contributed by atoms with E-state index in [1.165, 1.54) is 11.1 Å². The molecular weight excluding hydrogens is 352 g/mol. The Balaban J connectivity index is 1.55. The number of aryl methyl sites for hydroxylation is 2. The number of nitrogens with zero attached hydrogens (tertiary/aromatic N) is 1. The molecule has 5 nitrogen and oxygen atoms in total. The van der Waals surface area contributed by atoms with Gasteiger partial charge in [0, 0.05) is 26.1 Å². The van der Waals surface area contributed by atoms with Gasteiger partial charge in [-0.1, -0.05) is 42.0 Å². The van der Waals surface area contributed by atoms with Crippen LogP contribution in [-0.4, -0.2) is 50.8 Å². The van der Waals surface area contributed by atoms with Crippen molar-refractivity contribution in [3.8, 4) is 5.75 Å². The monoisotopic (exact) mass is 382 g/mol. The summed E-state index contributed by atoms with van der Waals surface area (Å²) in [7, 11) is 1.65. The van der Waals surface area contributed by atoms with Crippen molar-refractivity contribution in [3.05, 3.63) is 65.2 Å². The molecule has 1 saturated heterocycles. The van der Waals surface area contributed by atoms with Crippen LogP contribution in [0, 0.1) is 6.92 Å². The molecule has 1 heterocycles. The van der Waals surface area contributed by atoms with Gasteiger partial charge in [0.2, 0.25) is 5.91 Å². The van der Waals surface area contributed by atoms with Crippen LogP contribution in [0.1, 0.15) is 29.2 Å².